The van der Waals surface area contributed by atoms with Gasteiger partial charge in [-0.25, -0.2) is 9.59 Å². The molecule has 2 saturated carbocycles. The van der Waals surface area contributed by atoms with Crippen LogP contribution in [0.3, 0.4) is 0 Å². The van der Waals surface area contributed by atoms with Crippen LogP contribution in [0.2, 0.25) is 0 Å². The van der Waals surface area contributed by atoms with Crippen molar-refractivity contribution in [3.05, 3.63) is 0 Å². The van der Waals surface area contributed by atoms with Crippen molar-refractivity contribution in [1.29, 1.82) is 0 Å². The summed E-state index contributed by atoms with van der Waals surface area (Å²) in [6.07, 6.45) is 5.62. The van der Waals surface area contributed by atoms with Gasteiger partial charge in [-0.15, -0.1) is 0 Å². The molecule has 19 heavy (non-hydrogen) atoms. The van der Waals surface area contributed by atoms with Crippen molar-refractivity contribution in [2.24, 2.45) is 17.8 Å². The van der Waals surface area contributed by atoms with Gasteiger partial charge in [-0.05, 0) is 43.4 Å². The quantitative estimate of drug-likeness (QED) is 0.799. The van der Waals surface area contributed by atoms with E-state index in [1.165, 1.54) is 24.2 Å². The highest BCUT2D eigenvalue weighted by molar-refractivity contribution is 5.83. The zero-order chi connectivity index (χ0) is 13.6. The van der Waals surface area contributed by atoms with Crippen LogP contribution in [0.5, 0.6) is 0 Å². The first-order chi connectivity index (χ1) is 9.06. The van der Waals surface area contributed by atoms with Crippen molar-refractivity contribution in [3.8, 4) is 0 Å². The summed E-state index contributed by atoms with van der Waals surface area (Å²) < 4.78 is 0. The number of amides is 2. The van der Waals surface area contributed by atoms with Gasteiger partial charge in [0, 0.05) is 12.6 Å². The largest absolute Gasteiger partial charge is 0.480 e. The number of urea groups is 1. The predicted octanol–water partition coefficient (Wildman–Crippen LogP) is 1.68. The molecule has 5 nitrogen and oxygen atoms in total. The highest BCUT2D eigenvalue weighted by Gasteiger charge is 2.43. The van der Waals surface area contributed by atoms with Gasteiger partial charge in [-0.2, -0.15) is 0 Å². The second-order valence-corrected chi connectivity index (χ2v) is 6.47. The molecule has 5 heteroatoms. The minimum atomic E-state index is -0.881. The summed E-state index contributed by atoms with van der Waals surface area (Å²) in [6, 6.07) is -0.551. The molecule has 1 heterocycles. The average molecular weight is 266 g/mol. The van der Waals surface area contributed by atoms with E-state index in [-0.39, 0.29) is 18.0 Å². The van der Waals surface area contributed by atoms with E-state index in [1.807, 2.05) is 6.92 Å². The van der Waals surface area contributed by atoms with E-state index < -0.39 is 12.0 Å². The van der Waals surface area contributed by atoms with Crippen LogP contribution in [-0.2, 0) is 4.79 Å². The van der Waals surface area contributed by atoms with Gasteiger partial charge in [-0.3, -0.25) is 0 Å². The van der Waals surface area contributed by atoms with Crippen LogP contribution in [0.25, 0.3) is 0 Å². The number of rotatable bonds is 2. The minimum absolute atomic E-state index is 0.0447. The molecule has 2 N–H and O–H groups in total. The van der Waals surface area contributed by atoms with Gasteiger partial charge in [0.25, 0.3) is 0 Å². The number of hydrogen-bond donors (Lipinski definition) is 2. The van der Waals surface area contributed by atoms with E-state index in [2.05, 4.69) is 5.32 Å². The van der Waals surface area contributed by atoms with Crippen LogP contribution >= 0.6 is 0 Å². The number of carbonyl (C=O) groups is 2. The normalized spacial score (nSPS) is 40.7. The third-order valence-corrected chi connectivity index (χ3v) is 5.26. The Labute approximate surface area is 113 Å². The predicted molar refractivity (Wildman–Crippen MR) is 69.7 cm³/mol. The van der Waals surface area contributed by atoms with Gasteiger partial charge < -0.3 is 15.3 Å². The maximum Gasteiger partial charge on any atom is 0.326 e. The van der Waals surface area contributed by atoms with E-state index in [4.69, 9.17) is 0 Å². The van der Waals surface area contributed by atoms with Gasteiger partial charge in [0.2, 0.25) is 0 Å². The summed E-state index contributed by atoms with van der Waals surface area (Å²) in [6.45, 7) is 2.47. The Bertz CT molecular complexity index is 398. The SMILES string of the molecule is CC1CCN(C(=O)NC2CC3CCC2C3)C1C(=O)O. The van der Waals surface area contributed by atoms with Gasteiger partial charge in [-0.1, -0.05) is 13.3 Å². The molecular weight excluding hydrogens is 244 g/mol. The fourth-order valence-electron chi connectivity index (χ4n) is 4.21. The molecule has 0 spiro atoms. The number of nitrogens with one attached hydrogen (secondary N) is 1. The molecule has 2 bridgehead atoms. The Morgan fingerprint density at radius 1 is 1.21 bits per heavy atom. The summed E-state index contributed by atoms with van der Waals surface area (Å²) in [4.78, 5) is 25.1. The number of aliphatic carboxylic acids is 1. The minimum Gasteiger partial charge on any atom is -0.480 e. The molecule has 5 atom stereocenters. The van der Waals surface area contributed by atoms with Crippen LogP contribution in [-0.4, -0.2) is 40.6 Å². The molecule has 3 rings (SSSR count). The smallest absolute Gasteiger partial charge is 0.326 e. The molecule has 0 aromatic carbocycles. The maximum atomic E-state index is 12.3. The molecule has 2 aliphatic carbocycles. The summed E-state index contributed by atoms with van der Waals surface area (Å²) in [5.41, 5.74) is 0. The third kappa shape index (κ3) is 2.19. The maximum absolute atomic E-state index is 12.3. The Morgan fingerprint density at radius 3 is 2.58 bits per heavy atom. The third-order valence-electron chi connectivity index (χ3n) is 5.26. The van der Waals surface area contributed by atoms with E-state index in [9.17, 15) is 14.7 Å². The molecule has 1 aliphatic heterocycles. The molecule has 5 unspecified atom stereocenters. The number of carboxylic acid groups (broad SMARTS) is 1. The fourth-order valence-corrected chi connectivity index (χ4v) is 4.21. The first-order valence-corrected chi connectivity index (χ1v) is 7.36. The van der Waals surface area contributed by atoms with Gasteiger partial charge in [0.05, 0.1) is 0 Å². The topological polar surface area (TPSA) is 69.6 Å². The molecule has 3 fully saturated rings. The Kier molecular flexibility index (Phi) is 3.15. The van der Waals surface area contributed by atoms with Crippen molar-refractivity contribution in [2.45, 2.75) is 51.1 Å². The van der Waals surface area contributed by atoms with E-state index >= 15 is 0 Å². The monoisotopic (exact) mass is 266 g/mol. The summed E-state index contributed by atoms with van der Waals surface area (Å²) >= 11 is 0. The van der Waals surface area contributed by atoms with Gasteiger partial charge >= 0.3 is 12.0 Å². The summed E-state index contributed by atoms with van der Waals surface area (Å²) in [5, 5.41) is 12.3. The number of hydrogen-bond acceptors (Lipinski definition) is 2. The lowest BCUT2D eigenvalue weighted by Crippen LogP contribution is -2.51. The Hall–Kier alpha value is -1.26. The molecule has 0 radical (unpaired) electrons. The van der Waals surface area contributed by atoms with Crippen LogP contribution in [0, 0.1) is 17.8 Å². The lowest BCUT2D eigenvalue weighted by molar-refractivity contribution is -0.142. The average Bonchev–Trinajstić information content (AvgIpc) is 3.02. The van der Waals surface area contributed by atoms with E-state index in [0.717, 1.165) is 18.8 Å². The second kappa shape index (κ2) is 4.69. The lowest BCUT2D eigenvalue weighted by atomic mass is 9.95. The highest BCUT2D eigenvalue weighted by Crippen LogP contribution is 2.44. The lowest BCUT2D eigenvalue weighted by Gasteiger charge is -2.28. The zero-order valence-electron chi connectivity index (χ0n) is 11.3. The van der Waals surface area contributed by atoms with Crippen molar-refractivity contribution >= 4 is 12.0 Å². The molecule has 0 aromatic rings. The Balaban J connectivity index is 1.62. The van der Waals surface area contributed by atoms with Crippen molar-refractivity contribution in [3.63, 3.8) is 0 Å². The first kappa shape index (κ1) is 12.8. The second-order valence-electron chi connectivity index (χ2n) is 6.47. The molecule has 0 aromatic heterocycles. The molecule has 3 aliphatic rings. The molecule has 106 valence electrons. The number of carboxylic acids is 1. The van der Waals surface area contributed by atoms with Crippen molar-refractivity contribution in [1.82, 2.24) is 10.2 Å². The van der Waals surface area contributed by atoms with Gasteiger partial charge in [0.15, 0.2) is 0 Å². The Morgan fingerprint density at radius 2 is 2.00 bits per heavy atom. The van der Waals surface area contributed by atoms with Crippen LogP contribution in [0.4, 0.5) is 4.79 Å². The number of likely N-dealkylation sites (tertiary alicyclic amines) is 1. The molecule has 2 amide bonds. The van der Waals surface area contributed by atoms with E-state index in [0.29, 0.717) is 12.5 Å². The van der Waals surface area contributed by atoms with Crippen LogP contribution in [0.1, 0.15) is 39.0 Å². The number of fused-ring (bicyclic) bond motifs is 2. The van der Waals surface area contributed by atoms with Crippen molar-refractivity contribution < 1.29 is 14.7 Å². The van der Waals surface area contributed by atoms with Crippen LogP contribution in [0.15, 0.2) is 0 Å². The highest BCUT2D eigenvalue weighted by atomic mass is 16.4. The first-order valence-electron chi connectivity index (χ1n) is 7.36. The zero-order valence-corrected chi connectivity index (χ0v) is 11.3. The van der Waals surface area contributed by atoms with E-state index in [1.54, 1.807) is 0 Å². The fraction of sp³-hybridized carbons (Fsp3) is 0.857. The number of carbonyl (C=O) groups excluding carboxylic acids is 1. The van der Waals surface area contributed by atoms with Crippen molar-refractivity contribution in [2.75, 3.05) is 6.54 Å². The summed E-state index contributed by atoms with van der Waals surface area (Å²) in [7, 11) is 0. The van der Waals surface area contributed by atoms with Crippen LogP contribution < -0.4 is 5.32 Å². The summed E-state index contributed by atoms with van der Waals surface area (Å²) in [5.74, 6) is 0.566. The molecule has 1 saturated heterocycles. The number of nitrogens with zero attached hydrogens (tertiary/aromatic N) is 1. The van der Waals surface area contributed by atoms with Gasteiger partial charge in [0.1, 0.15) is 6.04 Å². The standard InChI is InChI=1S/C14H22N2O3/c1-8-4-5-16(12(8)13(17)18)14(19)15-11-7-9-2-3-10(11)6-9/h8-12H,2-7H2,1H3,(H,15,19)(H,17,18). The molecular formula is C14H22N2O3.